The molecule has 2 rings (SSSR count). The zero-order chi connectivity index (χ0) is 21.9. The number of piperidine rings is 1. The molecule has 1 aromatic rings. The van der Waals surface area contributed by atoms with Crippen molar-refractivity contribution in [2.45, 2.75) is 46.2 Å². The monoisotopic (exact) mass is 417 g/mol. The summed E-state index contributed by atoms with van der Waals surface area (Å²) >= 11 is 0. The number of guanidine groups is 1. The molecular weight excluding hydrogens is 382 g/mol. The standard InChI is InChI=1S/C22H35N5O3/c1-5-26(6-2)20(28)18-10-8-17(9-11-18)16-24-21(23-4)25-19-12-14-27(15-13-19)22(29)30-7-3/h8-11,19H,5-7,12-16H2,1-4H3,(H2,23,24,25). The Morgan fingerprint density at radius 3 is 2.30 bits per heavy atom. The number of aliphatic imine (C=N–C) groups is 1. The van der Waals surface area contributed by atoms with Crippen LogP contribution in [0.5, 0.6) is 0 Å². The van der Waals surface area contributed by atoms with E-state index >= 15 is 0 Å². The number of nitrogens with one attached hydrogen (secondary N) is 2. The summed E-state index contributed by atoms with van der Waals surface area (Å²) in [4.78, 5) is 32.1. The molecule has 2 N–H and O–H groups in total. The molecule has 0 spiro atoms. The Labute approximate surface area is 179 Å². The normalized spacial score (nSPS) is 14.9. The molecule has 0 saturated carbocycles. The molecule has 2 amide bonds. The van der Waals surface area contributed by atoms with Gasteiger partial charge in [0.15, 0.2) is 5.96 Å². The second kappa shape index (κ2) is 12.0. The van der Waals surface area contributed by atoms with Crippen LogP contribution in [-0.2, 0) is 11.3 Å². The first kappa shape index (κ1) is 23.5. The first-order valence-corrected chi connectivity index (χ1v) is 10.8. The van der Waals surface area contributed by atoms with Crippen LogP contribution < -0.4 is 10.6 Å². The van der Waals surface area contributed by atoms with Crippen LogP contribution in [0, 0.1) is 0 Å². The summed E-state index contributed by atoms with van der Waals surface area (Å²) in [7, 11) is 1.74. The molecule has 0 aliphatic carbocycles. The number of rotatable bonds is 7. The van der Waals surface area contributed by atoms with Gasteiger partial charge in [-0.25, -0.2) is 4.79 Å². The van der Waals surface area contributed by atoms with E-state index in [0.29, 0.717) is 44.9 Å². The highest BCUT2D eigenvalue weighted by molar-refractivity contribution is 5.94. The maximum Gasteiger partial charge on any atom is 0.409 e. The molecule has 1 aromatic carbocycles. The van der Waals surface area contributed by atoms with Gasteiger partial charge in [0.1, 0.15) is 0 Å². The molecule has 1 aliphatic rings. The van der Waals surface area contributed by atoms with Crippen molar-refractivity contribution in [1.29, 1.82) is 0 Å². The second-order valence-corrected chi connectivity index (χ2v) is 7.20. The number of hydrogen-bond donors (Lipinski definition) is 2. The maximum atomic E-state index is 12.4. The molecule has 1 saturated heterocycles. The molecule has 1 heterocycles. The van der Waals surface area contributed by atoms with Gasteiger partial charge in [-0.3, -0.25) is 9.79 Å². The Kier molecular flexibility index (Phi) is 9.44. The lowest BCUT2D eigenvalue weighted by Gasteiger charge is -2.32. The van der Waals surface area contributed by atoms with Crippen molar-refractivity contribution >= 4 is 18.0 Å². The van der Waals surface area contributed by atoms with Gasteiger partial charge in [-0.2, -0.15) is 0 Å². The lowest BCUT2D eigenvalue weighted by Crippen LogP contribution is -2.49. The molecule has 8 heteroatoms. The Bertz CT molecular complexity index is 708. The number of ether oxygens (including phenoxy) is 1. The summed E-state index contributed by atoms with van der Waals surface area (Å²) in [6, 6.07) is 7.94. The summed E-state index contributed by atoms with van der Waals surface area (Å²) in [6.07, 6.45) is 1.46. The number of hydrogen-bond acceptors (Lipinski definition) is 4. The lowest BCUT2D eigenvalue weighted by atomic mass is 10.1. The highest BCUT2D eigenvalue weighted by Gasteiger charge is 2.24. The van der Waals surface area contributed by atoms with Gasteiger partial charge in [-0.1, -0.05) is 12.1 Å². The van der Waals surface area contributed by atoms with E-state index in [4.69, 9.17) is 4.74 Å². The Balaban J connectivity index is 1.81. The van der Waals surface area contributed by atoms with Crippen LogP contribution in [-0.4, -0.2) is 73.6 Å². The quantitative estimate of drug-likeness (QED) is 0.526. The summed E-state index contributed by atoms with van der Waals surface area (Å²) in [5.41, 5.74) is 1.78. The van der Waals surface area contributed by atoms with Crippen molar-refractivity contribution < 1.29 is 14.3 Å². The Morgan fingerprint density at radius 1 is 1.13 bits per heavy atom. The van der Waals surface area contributed by atoms with Crippen molar-refractivity contribution in [2.24, 2.45) is 4.99 Å². The van der Waals surface area contributed by atoms with E-state index in [0.717, 1.165) is 24.4 Å². The average molecular weight is 418 g/mol. The van der Waals surface area contributed by atoms with Gasteiger partial charge < -0.3 is 25.2 Å². The minimum Gasteiger partial charge on any atom is -0.450 e. The van der Waals surface area contributed by atoms with Crippen LogP contribution >= 0.6 is 0 Å². The number of carbonyl (C=O) groups is 2. The smallest absolute Gasteiger partial charge is 0.409 e. The number of nitrogens with zero attached hydrogens (tertiary/aromatic N) is 3. The van der Waals surface area contributed by atoms with Crippen molar-refractivity contribution in [1.82, 2.24) is 20.4 Å². The van der Waals surface area contributed by atoms with Gasteiger partial charge in [0, 0.05) is 51.4 Å². The fourth-order valence-corrected chi connectivity index (χ4v) is 3.45. The van der Waals surface area contributed by atoms with E-state index in [2.05, 4.69) is 15.6 Å². The third-order valence-electron chi connectivity index (χ3n) is 5.30. The topological polar surface area (TPSA) is 86.3 Å². The molecular formula is C22H35N5O3. The molecule has 30 heavy (non-hydrogen) atoms. The highest BCUT2D eigenvalue weighted by atomic mass is 16.6. The third kappa shape index (κ3) is 6.64. The van der Waals surface area contributed by atoms with Gasteiger partial charge in [0.05, 0.1) is 6.61 Å². The zero-order valence-corrected chi connectivity index (χ0v) is 18.6. The molecule has 0 atom stereocenters. The largest absolute Gasteiger partial charge is 0.450 e. The fourth-order valence-electron chi connectivity index (χ4n) is 3.45. The van der Waals surface area contributed by atoms with Crippen LogP contribution in [0.4, 0.5) is 4.79 Å². The van der Waals surface area contributed by atoms with Gasteiger partial charge in [0.25, 0.3) is 5.91 Å². The summed E-state index contributed by atoms with van der Waals surface area (Å²) in [6.45, 7) is 9.57. The van der Waals surface area contributed by atoms with Gasteiger partial charge in [-0.05, 0) is 51.3 Å². The number of likely N-dealkylation sites (tertiary alicyclic amines) is 1. The Hall–Kier alpha value is -2.77. The summed E-state index contributed by atoms with van der Waals surface area (Å²) < 4.78 is 5.06. The van der Waals surface area contributed by atoms with Crippen molar-refractivity contribution in [3.8, 4) is 0 Å². The number of benzene rings is 1. The van der Waals surface area contributed by atoms with Crippen LogP contribution in [0.1, 0.15) is 49.5 Å². The molecule has 1 fully saturated rings. The predicted molar refractivity (Wildman–Crippen MR) is 119 cm³/mol. The third-order valence-corrected chi connectivity index (χ3v) is 5.30. The van der Waals surface area contributed by atoms with Crippen LogP contribution in [0.15, 0.2) is 29.3 Å². The van der Waals surface area contributed by atoms with E-state index < -0.39 is 0 Å². The highest BCUT2D eigenvalue weighted by Crippen LogP contribution is 2.12. The van der Waals surface area contributed by atoms with Gasteiger partial charge in [-0.15, -0.1) is 0 Å². The molecule has 0 bridgehead atoms. The molecule has 0 aromatic heterocycles. The van der Waals surface area contributed by atoms with Gasteiger partial charge >= 0.3 is 6.09 Å². The van der Waals surface area contributed by atoms with E-state index in [1.165, 1.54) is 0 Å². The molecule has 1 aliphatic heterocycles. The fraction of sp³-hybridized carbons (Fsp3) is 0.591. The first-order chi connectivity index (χ1) is 14.5. The summed E-state index contributed by atoms with van der Waals surface area (Å²) in [5.74, 6) is 0.791. The molecule has 0 radical (unpaired) electrons. The minimum atomic E-state index is -0.235. The van der Waals surface area contributed by atoms with E-state index in [1.807, 2.05) is 49.9 Å². The minimum absolute atomic E-state index is 0.0612. The maximum absolute atomic E-state index is 12.4. The van der Waals surface area contributed by atoms with E-state index in [1.54, 1.807) is 11.9 Å². The van der Waals surface area contributed by atoms with Crippen molar-refractivity contribution in [3.05, 3.63) is 35.4 Å². The predicted octanol–water partition coefficient (Wildman–Crippen LogP) is 2.45. The average Bonchev–Trinajstić information content (AvgIpc) is 2.78. The van der Waals surface area contributed by atoms with E-state index in [-0.39, 0.29) is 18.0 Å². The van der Waals surface area contributed by atoms with Crippen LogP contribution in [0.3, 0.4) is 0 Å². The van der Waals surface area contributed by atoms with Crippen LogP contribution in [0.25, 0.3) is 0 Å². The van der Waals surface area contributed by atoms with Gasteiger partial charge in [0.2, 0.25) is 0 Å². The molecule has 166 valence electrons. The molecule has 8 nitrogen and oxygen atoms in total. The number of carbonyl (C=O) groups excluding carboxylic acids is 2. The van der Waals surface area contributed by atoms with Crippen molar-refractivity contribution in [3.63, 3.8) is 0 Å². The number of amides is 2. The van der Waals surface area contributed by atoms with Crippen LogP contribution in [0.2, 0.25) is 0 Å². The lowest BCUT2D eigenvalue weighted by molar-refractivity contribution is 0.0772. The molecule has 0 unspecified atom stereocenters. The SMILES string of the molecule is CCOC(=O)N1CCC(NC(=NC)NCc2ccc(C(=O)N(CC)CC)cc2)CC1. The van der Waals surface area contributed by atoms with E-state index in [9.17, 15) is 9.59 Å². The Morgan fingerprint density at radius 2 is 1.77 bits per heavy atom. The summed E-state index contributed by atoms with van der Waals surface area (Å²) in [5, 5.41) is 6.75. The first-order valence-electron chi connectivity index (χ1n) is 10.8. The second-order valence-electron chi connectivity index (χ2n) is 7.20. The van der Waals surface area contributed by atoms with Crippen molar-refractivity contribution in [2.75, 3.05) is 39.8 Å². The zero-order valence-electron chi connectivity index (χ0n) is 18.6.